The molecule has 0 saturated carbocycles. The summed E-state index contributed by atoms with van der Waals surface area (Å²) in [7, 11) is 0. The van der Waals surface area contributed by atoms with Gasteiger partial charge in [-0.1, -0.05) is 84.1 Å². The van der Waals surface area contributed by atoms with Crippen molar-refractivity contribution in [3.8, 4) is 11.8 Å². The molecule has 3 rings (SSSR count). The molecule has 0 fully saturated rings. The van der Waals surface area contributed by atoms with Crippen molar-refractivity contribution in [2.24, 2.45) is 0 Å². The van der Waals surface area contributed by atoms with Crippen LogP contribution in [-0.4, -0.2) is 5.11 Å². The van der Waals surface area contributed by atoms with Gasteiger partial charge >= 0.3 is 0 Å². The third-order valence-electron chi connectivity index (χ3n) is 3.73. The van der Waals surface area contributed by atoms with Gasteiger partial charge in [-0.05, 0) is 41.5 Å². The number of aliphatic hydroxyl groups excluding tert-OH is 1. The summed E-state index contributed by atoms with van der Waals surface area (Å²) >= 11 is 5.94. The quantitative estimate of drug-likeness (QED) is 0.621. The number of halogens is 1. The van der Waals surface area contributed by atoms with E-state index >= 15 is 0 Å². The van der Waals surface area contributed by atoms with Crippen molar-refractivity contribution in [3.63, 3.8) is 0 Å². The van der Waals surface area contributed by atoms with E-state index in [2.05, 4.69) is 11.8 Å². The zero-order valence-corrected chi connectivity index (χ0v) is 14.3. The molecule has 0 bridgehead atoms. The molecule has 0 aromatic heterocycles. The topological polar surface area (TPSA) is 20.2 Å². The van der Waals surface area contributed by atoms with E-state index in [4.69, 9.17) is 11.6 Å². The normalized spacial score (nSPS) is 12.2. The highest BCUT2D eigenvalue weighted by molar-refractivity contribution is 6.30. The second-order valence-corrected chi connectivity index (χ2v) is 6.02. The van der Waals surface area contributed by atoms with Gasteiger partial charge in [0, 0.05) is 16.2 Å². The first kappa shape index (κ1) is 17.0. The number of hydrogen-bond donors (Lipinski definition) is 1. The monoisotopic (exact) mass is 344 g/mol. The van der Waals surface area contributed by atoms with Crippen LogP contribution in [0.2, 0.25) is 5.02 Å². The Kier molecular flexibility index (Phi) is 5.69. The van der Waals surface area contributed by atoms with Crippen LogP contribution in [0.5, 0.6) is 0 Å². The summed E-state index contributed by atoms with van der Waals surface area (Å²) in [5, 5.41) is 11.4. The summed E-state index contributed by atoms with van der Waals surface area (Å²) in [5.74, 6) is 6.25. The maximum atomic E-state index is 10.8. The molecule has 3 aromatic carbocycles. The summed E-state index contributed by atoms with van der Waals surface area (Å²) in [6.07, 6.45) is 1.10. The van der Waals surface area contributed by atoms with E-state index in [1.165, 1.54) is 0 Å². The molecular formula is C23H17ClO. The average Bonchev–Trinajstić information content (AvgIpc) is 2.67. The number of aliphatic hydroxyl groups is 1. The van der Waals surface area contributed by atoms with Crippen LogP contribution >= 0.6 is 11.6 Å². The Hall–Kier alpha value is -2.79. The maximum absolute atomic E-state index is 10.8. The van der Waals surface area contributed by atoms with Crippen LogP contribution < -0.4 is 0 Å². The van der Waals surface area contributed by atoms with E-state index in [9.17, 15) is 5.11 Å². The molecule has 0 saturated heterocycles. The molecule has 1 N–H and O–H groups in total. The zero-order valence-electron chi connectivity index (χ0n) is 13.6. The van der Waals surface area contributed by atoms with Crippen molar-refractivity contribution in [1.29, 1.82) is 0 Å². The Morgan fingerprint density at radius 1 is 0.840 bits per heavy atom. The van der Waals surface area contributed by atoms with Gasteiger partial charge in [-0.3, -0.25) is 0 Å². The van der Waals surface area contributed by atoms with Crippen molar-refractivity contribution in [3.05, 3.63) is 112 Å². The van der Waals surface area contributed by atoms with Crippen molar-refractivity contribution < 1.29 is 5.11 Å². The van der Waals surface area contributed by atoms with Gasteiger partial charge in [0.1, 0.15) is 6.10 Å². The highest BCUT2D eigenvalue weighted by Crippen LogP contribution is 2.24. The lowest BCUT2D eigenvalue weighted by Gasteiger charge is -2.11. The van der Waals surface area contributed by atoms with E-state index in [-0.39, 0.29) is 0 Å². The van der Waals surface area contributed by atoms with Gasteiger partial charge in [-0.15, -0.1) is 0 Å². The molecule has 25 heavy (non-hydrogen) atoms. The summed E-state index contributed by atoms with van der Waals surface area (Å²) in [6.45, 7) is 0. The molecule has 1 atom stereocenters. The molecule has 122 valence electrons. The predicted octanol–water partition coefficient (Wildman–Crippen LogP) is 5.51. The summed E-state index contributed by atoms with van der Waals surface area (Å²) in [6, 6.07) is 26.8. The summed E-state index contributed by atoms with van der Waals surface area (Å²) in [5.41, 5.74) is 3.30. The molecular weight excluding hydrogens is 328 g/mol. The molecule has 0 aliphatic carbocycles. The third-order valence-corrected chi connectivity index (χ3v) is 3.98. The molecule has 0 aliphatic heterocycles. The van der Waals surface area contributed by atoms with Crippen molar-refractivity contribution >= 4 is 17.7 Å². The molecule has 1 nitrogen and oxygen atoms in total. The molecule has 1 unspecified atom stereocenters. The van der Waals surface area contributed by atoms with E-state index in [1.807, 2.05) is 78.9 Å². The van der Waals surface area contributed by atoms with E-state index in [0.717, 1.165) is 16.7 Å². The van der Waals surface area contributed by atoms with Crippen molar-refractivity contribution in [2.45, 2.75) is 6.10 Å². The van der Waals surface area contributed by atoms with Crippen LogP contribution in [0.25, 0.3) is 6.08 Å². The fourth-order valence-electron chi connectivity index (χ4n) is 2.40. The zero-order chi connectivity index (χ0) is 17.5. The molecule has 2 heteroatoms. The van der Waals surface area contributed by atoms with Gasteiger partial charge in [0.05, 0.1) is 0 Å². The van der Waals surface area contributed by atoms with E-state index in [0.29, 0.717) is 10.6 Å². The first-order valence-electron chi connectivity index (χ1n) is 7.99. The number of benzene rings is 3. The van der Waals surface area contributed by atoms with Gasteiger partial charge in [0.25, 0.3) is 0 Å². The van der Waals surface area contributed by atoms with E-state index < -0.39 is 6.10 Å². The second kappa shape index (κ2) is 8.35. The van der Waals surface area contributed by atoms with Crippen molar-refractivity contribution in [2.75, 3.05) is 0 Å². The molecule has 0 aliphatic rings. The largest absolute Gasteiger partial charge is 0.383 e. The Bertz CT molecular complexity index is 901. The van der Waals surface area contributed by atoms with Gasteiger partial charge < -0.3 is 5.11 Å². The Morgan fingerprint density at radius 3 is 2.08 bits per heavy atom. The minimum Gasteiger partial charge on any atom is -0.383 e. The fourth-order valence-corrected chi connectivity index (χ4v) is 2.53. The van der Waals surface area contributed by atoms with E-state index in [1.54, 1.807) is 12.1 Å². The first-order valence-corrected chi connectivity index (χ1v) is 8.37. The SMILES string of the molecule is OC(/C(C#Cc1ccccc1)=C/c1ccccc1)c1ccc(Cl)cc1. The minimum absolute atomic E-state index is 0.636. The fraction of sp³-hybridized carbons (Fsp3) is 0.0435. The summed E-state index contributed by atoms with van der Waals surface area (Å²) < 4.78 is 0. The lowest BCUT2D eigenvalue weighted by Crippen LogP contribution is -2.00. The Labute approximate surface area is 153 Å². The molecule has 0 radical (unpaired) electrons. The third kappa shape index (κ3) is 4.84. The maximum Gasteiger partial charge on any atom is 0.112 e. The smallest absolute Gasteiger partial charge is 0.112 e. The van der Waals surface area contributed by atoms with Crippen LogP contribution in [0, 0.1) is 11.8 Å². The standard InChI is InChI=1S/C23H17ClO/c24-22-15-13-20(14-16-22)23(25)21(17-19-9-5-2-6-10-19)12-11-18-7-3-1-4-8-18/h1-10,13-17,23,25H/b21-17+. The predicted molar refractivity (Wildman–Crippen MR) is 104 cm³/mol. The highest BCUT2D eigenvalue weighted by Gasteiger charge is 2.12. The lowest BCUT2D eigenvalue weighted by atomic mass is 9.99. The summed E-state index contributed by atoms with van der Waals surface area (Å²) in [4.78, 5) is 0. The van der Waals surface area contributed by atoms with Gasteiger partial charge in [-0.25, -0.2) is 0 Å². The van der Waals surface area contributed by atoms with Crippen LogP contribution in [0.3, 0.4) is 0 Å². The molecule has 0 heterocycles. The second-order valence-electron chi connectivity index (χ2n) is 5.58. The van der Waals surface area contributed by atoms with Crippen LogP contribution in [0.1, 0.15) is 22.8 Å². The average molecular weight is 345 g/mol. The lowest BCUT2D eigenvalue weighted by molar-refractivity contribution is 0.222. The van der Waals surface area contributed by atoms with Crippen molar-refractivity contribution in [1.82, 2.24) is 0 Å². The van der Waals surface area contributed by atoms with Crippen LogP contribution in [0.4, 0.5) is 0 Å². The Morgan fingerprint density at radius 2 is 1.44 bits per heavy atom. The minimum atomic E-state index is -0.811. The first-order chi connectivity index (χ1) is 12.2. The molecule has 0 spiro atoms. The molecule has 3 aromatic rings. The van der Waals surface area contributed by atoms with Crippen LogP contribution in [0.15, 0.2) is 90.5 Å². The number of rotatable bonds is 3. The number of hydrogen-bond acceptors (Lipinski definition) is 1. The van der Waals surface area contributed by atoms with Gasteiger partial charge in [0.15, 0.2) is 0 Å². The van der Waals surface area contributed by atoms with Gasteiger partial charge in [-0.2, -0.15) is 0 Å². The van der Waals surface area contributed by atoms with Gasteiger partial charge in [0.2, 0.25) is 0 Å². The van der Waals surface area contributed by atoms with Crippen LogP contribution in [-0.2, 0) is 0 Å². The molecule has 0 amide bonds. The highest BCUT2D eigenvalue weighted by atomic mass is 35.5. The Balaban J connectivity index is 1.98.